The summed E-state index contributed by atoms with van der Waals surface area (Å²) in [6.45, 7) is 0. The molecule has 5 nitrogen and oxygen atoms in total. The number of hydrogen-bond acceptors (Lipinski definition) is 4. The van der Waals surface area contributed by atoms with Gasteiger partial charge in [0.1, 0.15) is 11.8 Å². The van der Waals surface area contributed by atoms with Gasteiger partial charge in [0.05, 0.1) is 10.5 Å². The zero-order valence-electron chi connectivity index (χ0n) is 10.5. The Balaban J connectivity index is 2.43. The maximum atomic E-state index is 11.0. The van der Waals surface area contributed by atoms with Gasteiger partial charge in [0.15, 0.2) is 0 Å². The van der Waals surface area contributed by atoms with Crippen LogP contribution in [0.1, 0.15) is 11.1 Å². The summed E-state index contributed by atoms with van der Waals surface area (Å²) in [5, 5.41) is 20.2. The molecule has 0 atom stereocenters. The highest BCUT2D eigenvalue weighted by atomic mass is 79.9. The van der Waals surface area contributed by atoms with Crippen LogP contribution in [0.15, 0.2) is 40.9 Å². The summed E-state index contributed by atoms with van der Waals surface area (Å²) in [6, 6.07) is 11.3. The highest BCUT2D eigenvalue weighted by molar-refractivity contribution is 9.10. The summed E-state index contributed by atoms with van der Waals surface area (Å²) >= 11 is 8.88. The zero-order valence-corrected chi connectivity index (χ0v) is 12.9. The number of nitrogens with zero attached hydrogens (tertiary/aromatic N) is 2. The van der Waals surface area contributed by atoms with Crippen LogP contribution in [0.2, 0.25) is 0 Å². The summed E-state index contributed by atoms with van der Waals surface area (Å²) in [6.07, 6.45) is 0. The predicted octanol–water partition coefficient (Wildman–Crippen LogP) is 4.76. The molecule has 0 aliphatic carbocycles. The minimum atomic E-state index is -0.542. The first-order chi connectivity index (χ1) is 10.0. The van der Waals surface area contributed by atoms with E-state index in [-0.39, 0.29) is 28.6 Å². The average Bonchev–Trinajstić information content (AvgIpc) is 2.49. The first-order valence-electron chi connectivity index (χ1n) is 5.76. The number of nitro groups is 1. The molecule has 0 unspecified atom stereocenters. The SMILES string of the molecule is N#Cc1cc(CCl)ccc1Oc1ccc(Br)cc1[N+](=O)[O-]. The summed E-state index contributed by atoms with van der Waals surface area (Å²) in [5.74, 6) is 0.586. The molecule has 0 bridgehead atoms. The molecule has 0 spiro atoms. The third kappa shape index (κ3) is 3.51. The van der Waals surface area contributed by atoms with Crippen molar-refractivity contribution in [2.45, 2.75) is 5.88 Å². The fraction of sp³-hybridized carbons (Fsp3) is 0.0714. The van der Waals surface area contributed by atoms with Crippen LogP contribution in [-0.4, -0.2) is 4.92 Å². The lowest BCUT2D eigenvalue weighted by Crippen LogP contribution is -1.95. The normalized spacial score (nSPS) is 9.95. The Morgan fingerprint density at radius 2 is 2.00 bits per heavy atom. The Hall–Kier alpha value is -2.10. The van der Waals surface area contributed by atoms with Crippen molar-refractivity contribution in [3.63, 3.8) is 0 Å². The summed E-state index contributed by atoms with van der Waals surface area (Å²) in [4.78, 5) is 10.5. The topological polar surface area (TPSA) is 76.2 Å². The van der Waals surface area contributed by atoms with Gasteiger partial charge in [0.25, 0.3) is 0 Å². The molecule has 0 radical (unpaired) electrons. The molecule has 2 rings (SSSR count). The summed E-state index contributed by atoms with van der Waals surface area (Å²) in [7, 11) is 0. The first kappa shape index (κ1) is 15.3. The molecule has 7 heteroatoms. The molecular formula is C14H8BrClN2O3. The molecule has 0 aliphatic rings. The number of nitro benzene ring substituents is 1. The van der Waals surface area contributed by atoms with Gasteiger partial charge in [-0.15, -0.1) is 11.6 Å². The Bertz CT molecular complexity index is 743. The van der Waals surface area contributed by atoms with Gasteiger partial charge in [-0.25, -0.2) is 0 Å². The fourth-order valence-electron chi connectivity index (χ4n) is 1.67. The van der Waals surface area contributed by atoms with Crippen LogP contribution >= 0.6 is 27.5 Å². The largest absolute Gasteiger partial charge is 0.449 e. The molecule has 106 valence electrons. The quantitative estimate of drug-likeness (QED) is 0.443. The van der Waals surface area contributed by atoms with E-state index in [0.717, 1.165) is 5.56 Å². The van der Waals surface area contributed by atoms with Crippen molar-refractivity contribution in [2.24, 2.45) is 0 Å². The number of halogens is 2. The van der Waals surface area contributed by atoms with E-state index in [1.54, 1.807) is 24.3 Å². The van der Waals surface area contributed by atoms with E-state index in [4.69, 9.17) is 21.6 Å². The van der Waals surface area contributed by atoms with Crippen LogP contribution in [0.25, 0.3) is 0 Å². The van der Waals surface area contributed by atoms with E-state index < -0.39 is 4.92 Å². The molecule has 0 amide bonds. The predicted molar refractivity (Wildman–Crippen MR) is 81.6 cm³/mol. The van der Waals surface area contributed by atoms with Crippen LogP contribution < -0.4 is 4.74 Å². The van der Waals surface area contributed by atoms with Crippen molar-refractivity contribution < 1.29 is 9.66 Å². The van der Waals surface area contributed by atoms with Crippen LogP contribution in [0.5, 0.6) is 11.5 Å². The average molecular weight is 368 g/mol. The molecule has 0 aliphatic heterocycles. The third-order valence-electron chi connectivity index (χ3n) is 2.66. The van der Waals surface area contributed by atoms with Crippen molar-refractivity contribution in [3.8, 4) is 17.6 Å². The van der Waals surface area contributed by atoms with Gasteiger partial charge in [-0.05, 0) is 29.8 Å². The molecule has 0 aromatic heterocycles. The number of benzene rings is 2. The minimum absolute atomic E-state index is 0.0679. The monoisotopic (exact) mass is 366 g/mol. The van der Waals surface area contributed by atoms with E-state index in [1.807, 2.05) is 6.07 Å². The second kappa shape index (κ2) is 6.57. The van der Waals surface area contributed by atoms with Crippen molar-refractivity contribution in [3.05, 3.63) is 62.1 Å². The second-order valence-corrected chi connectivity index (χ2v) is 5.23. The molecule has 0 N–H and O–H groups in total. The molecule has 0 saturated carbocycles. The van der Waals surface area contributed by atoms with Crippen molar-refractivity contribution in [2.75, 3.05) is 0 Å². The van der Waals surface area contributed by atoms with Gasteiger partial charge >= 0.3 is 5.69 Å². The van der Waals surface area contributed by atoms with Gasteiger partial charge in [0, 0.05) is 16.4 Å². The van der Waals surface area contributed by atoms with Gasteiger partial charge in [-0.3, -0.25) is 10.1 Å². The number of ether oxygens (including phenoxy) is 1. The highest BCUT2D eigenvalue weighted by Crippen LogP contribution is 2.35. The van der Waals surface area contributed by atoms with Crippen LogP contribution in [0.4, 0.5) is 5.69 Å². The molecule has 0 saturated heterocycles. The molecular weight excluding hydrogens is 360 g/mol. The molecule has 0 fully saturated rings. The van der Waals surface area contributed by atoms with E-state index in [9.17, 15) is 10.1 Å². The zero-order chi connectivity index (χ0) is 15.4. The van der Waals surface area contributed by atoms with E-state index in [1.165, 1.54) is 12.1 Å². The maximum Gasteiger partial charge on any atom is 0.312 e. The van der Waals surface area contributed by atoms with E-state index in [0.29, 0.717) is 4.47 Å². The Labute approximate surface area is 134 Å². The summed E-state index contributed by atoms with van der Waals surface area (Å²) in [5.41, 5.74) is 0.853. The van der Waals surface area contributed by atoms with E-state index in [2.05, 4.69) is 15.9 Å². The first-order valence-corrected chi connectivity index (χ1v) is 7.08. The third-order valence-corrected chi connectivity index (χ3v) is 3.46. The molecule has 2 aromatic rings. The lowest BCUT2D eigenvalue weighted by Gasteiger charge is -2.09. The van der Waals surface area contributed by atoms with Gasteiger partial charge in [-0.2, -0.15) is 5.26 Å². The smallest absolute Gasteiger partial charge is 0.312 e. The van der Waals surface area contributed by atoms with Crippen molar-refractivity contribution >= 4 is 33.2 Å². The molecule has 21 heavy (non-hydrogen) atoms. The minimum Gasteiger partial charge on any atom is -0.449 e. The number of rotatable bonds is 4. The fourth-order valence-corrected chi connectivity index (χ4v) is 2.19. The lowest BCUT2D eigenvalue weighted by atomic mass is 10.1. The lowest BCUT2D eigenvalue weighted by molar-refractivity contribution is -0.385. The number of alkyl halides is 1. The maximum absolute atomic E-state index is 11.0. The van der Waals surface area contributed by atoms with Crippen LogP contribution in [0, 0.1) is 21.4 Å². The van der Waals surface area contributed by atoms with Crippen molar-refractivity contribution in [1.82, 2.24) is 0 Å². The summed E-state index contributed by atoms with van der Waals surface area (Å²) < 4.78 is 6.09. The van der Waals surface area contributed by atoms with Gasteiger partial charge in [0.2, 0.25) is 5.75 Å². The van der Waals surface area contributed by atoms with E-state index >= 15 is 0 Å². The highest BCUT2D eigenvalue weighted by Gasteiger charge is 2.17. The van der Waals surface area contributed by atoms with Crippen LogP contribution in [-0.2, 0) is 5.88 Å². The van der Waals surface area contributed by atoms with Gasteiger partial charge in [-0.1, -0.05) is 22.0 Å². The second-order valence-electron chi connectivity index (χ2n) is 4.05. The van der Waals surface area contributed by atoms with Crippen molar-refractivity contribution in [1.29, 1.82) is 5.26 Å². The molecule has 2 aromatic carbocycles. The van der Waals surface area contributed by atoms with Crippen LogP contribution in [0.3, 0.4) is 0 Å². The number of nitriles is 1. The Morgan fingerprint density at radius 1 is 1.29 bits per heavy atom. The Morgan fingerprint density at radius 3 is 2.62 bits per heavy atom. The Kier molecular flexibility index (Phi) is 4.78. The molecule has 0 heterocycles. The van der Waals surface area contributed by atoms with Gasteiger partial charge < -0.3 is 4.74 Å². The number of hydrogen-bond donors (Lipinski definition) is 0. The standard InChI is InChI=1S/C14H8BrClN2O3/c15-11-2-4-14(12(6-11)18(19)20)21-13-3-1-9(7-16)5-10(13)8-17/h1-6H,7H2.